The number of likely N-dealkylation sites (N-methyl/N-ethyl adjacent to an activating group) is 1. The minimum atomic E-state index is -1.19. The summed E-state index contributed by atoms with van der Waals surface area (Å²) in [5.74, 6) is -0.515. The van der Waals surface area contributed by atoms with Crippen molar-refractivity contribution in [2.24, 2.45) is 56.2 Å². The molecular weight excluding hydrogens is 752 g/mol. The molecule has 9 atom stereocenters. The van der Waals surface area contributed by atoms with Crippen LogP contribution in [0.5, 0.6) is 0 Å². The molecule has 5 aliphatic rings. The predicted octanol–water partition coefficient (Wildman–Crippen LogP) is 9.10. The third-order valence-electron chi connectivity index (χ3n) is 17.1. The number of aliphatic hydroxyl groups excluding tert-OH is 1. The lowest BCUT2D eigenvalue weighted by molar-refractivity contribution is -0.235. The third kappa shape index (κ3) is 7.29. The zero-order valence-corrected chi connectivity index (χ0v) is 37.9. The number of aliphatic carboxylic acids is 1. The van der Waals surface area contributed by atoms with Gasteiger partial charge < -0.3 is 24.7 Å². The number of esters is 1. The van der Waals surface area contributed by atoms with E-state index in [1.165, 1.54) is 5.57 Å². The van der Waals surface area contributed by atoms with Crippen LogP contribution in [0.3, 0.4) is 0 Å². The van der Waals surface area contributed by atoms with Crippen molar-refractivity contribution in [3.63, 3.8) is 0 Å². The molecule has 0 saturated heterocycles. The largest absolute Gasteiger partial charge is 0.481 e. The Hall–Kier alpha value is -2.75. The number of carbonyl (C=O) groups is 4. The first kappa shape index (κ1) is 44.8. The van der Waals surface area contributed by atoms with Crippen LogP contribution in [-0.4, -0.2) is 89.6 Å². The number of aliphatic hydroxyl groups is 1. The molecular formula is C48H71ClN2O7. The standard InChI is InChI=1S/C48H71ClN2O7/c1-29(2)39-33(52)26-48(36(53)28-51(25-24-50(10)11)41(55)30-12-14-31(49)15-13-30)23-22-46(8)32(40(39)48)16-17-35-45(7)20-19-37(58-38(54)27-43(3,4)42(56)57)44(5,6)34(45)18-21-47(35,46)9/h12-15,29,32,34-37,53H,16-28H2,1-11H3,(H,56,57)/t32-,34?,35-,36+,37+,45+,46-,47-,48+/m1/s1. The fraction of sp³-hybridized carbons (Fsp3) is 0.750. The molecule has 4 fully saturated rings. The highest BCUT2D eigenvalue weighted by Gasteiger charge is 2.71. The molecule has 1 aromatic carbocycles. The van der Waals surface area contributed by atoms with Gasteiger partial charge in [-0.05, 0) is 149 Å². The van der Waals surface area contributed by atoms with Gasteiger partial charge in [-0.1, -0.05) is 65.6 Å². The molecule has 0 bridgehead atoms. The highest BCUT2D eigenvalue weighted by Crippen LogP contribution is 2.77. The van der Waals surface area contributed by atoms with Gasteiger partial charge in [-0.2, -0.15) is 0 Å². The maximum absolute atomic E-state index is 14.3. The minimum Gasteiger partial charge on any atom is -0.481 e. The van der Waals surface area contributed by atoms with E-state index in [0.717, 1.165) is 50.5 Å². The van der Waals surface area contributed by atoms with Crippen molar-refractivity contribution in [2.45, 2.75) is 139 Å². The fourth-order valence-electron chi connectivity index (χ4n) is 13.7. The smallest absolute Gasteiger partial charge is 0.309 e. The van der Waals surface area contributed by atoms with E-state index in [4.69, 9.17) is 16.3 Å². The minimum absolute atomic E-state index is 0.0114. The maximum Gasteiger partial charge on any atom is 0.309 e. The number of hydrogen-bond donors (Lipinski definition) is 2. The molecule has 322 valence electrons. The topological polar surface area (TPSA) is 124 Å². The first-order chi connectivity index (χ1) is 26.9. The van der Waals surface area contributed by atoms with Gasteiger partial charge in [0, 0.05) is 47.5 Å². The Morgan fingerprint density at radius 3 is 2.16 bits per heavy atom. The monoisotopic (exact) mass is 822 g/mol. The van der Waals surface area contributed by atoms with E-state index in [-0.39, 0.29) is 70.7 Å². The summed E-state index contributed by atoms with van der Waals surface area (Å²) in [5.41, 5.74) is 0.320. The Morgan fingerprint density at radius 2 is 1.55 bits per heavy atom. The van der Waals surface area contributed by atoms with Crippen LogP contribution in [0.4, 0.5) is 0 Å². The number of benzene rings is 1. The molecule has 9 nitrogen and oxygen atoms in total. The zero-order valence-electron chi connectivity index (χ0n) is 37.2. The molecule has 6 rings (SSSR count). The predicted molar refractivity (Wildman–Crippen MR) is 227 cm³/mol. The summed E-state index contributed by atoms with van der Waals surface area (Å²) in [6, 6.07) is 6.92. The van der Waals surface area contributed by atoms with Gasteiger partial charge in [-0.3, -0.25) is 19.2 Å². The average Bonchev–Trinajstić information content (AvgIpc) is 3.44. The Morgan fingerprint density at radius 1 is 0.897 bits per heavy atom. The van der Waals surface area contributed by atoms with Crippen LogP contribution in [0.25, 0.3) is 0 Å². The number of ether oxygens (including phenoxy) is 1. The van der Waals surface area contributed by atoms with Crippen LogP contribution in [0, 0.1) is 56.2 Å². The number of halogens is 1. The van der Waals surface area contributed by atoms with Gasteiger partial charge in [-0.25, -0.2) is 0 Å². The molecule has 1 unspecified atom stereocenters. The molecule has 0 spiro atoms. The molecule has 10 heteroatoms. The van der Waals surface area contributed by atoms with Gasteiger partial charge in [0.1, 0.15) is 6.10 Å². The molecule has 5 aliphatic carbocycles. The lowest BCUT2D eigenvalue weighted by Crippen LogP contribution is -2.66. The van der Waals surface area contributed by atoms with E-state index >= 15 is 0 Å². The first-order valence-corrected chi connectivity index (χ1v) is 22.3. The number of hydrogen-bond acceptors (Lipinski definition) is 7. The lowest BCUT2D eigenvalue weighted by Gasteiger charge is -2.72. The number of carbonyl (C=O) groups excluding carboxylic acids is 3. The molecule has 1 amide bonds. The van der Waals surface area contributed by atoms with E-state index < -0.39 is 28.9 Å². The van der Waals surface area contributed by atoms with Gasteiger partial charge in [0.05, 0.1) is 17.9 Å². The first-order valence-electron chi connectivity index (χ1n) is 21.9. The van der Waals surface area contributed by atoms with Crippen molar-refractivity contribution in [1.82, 2.24) is 9.80 Å². The molecule has 0 aliphatic heterocycles. The molecule has 0 radical (unpaired) electrons. The van der Waals surface area contributed by atoms with Crippen molar-refractivity contribution < 1.29 is 34.1 Å². The van der Waals surface area contributed by atoms with E-state index in [0.29, 0.717) is 41.9 Å². The SMILES string of the molecule is CC(C)C1=C2[C@H]3CC[C@@H]4[C@@]5(C)CC[C@H](OC(=O)CC(C)(C)C(=O)O)C(C)(C)C5CC[C@@]4(C)[C@]3(C)CC[C@@]2([C@@H](O)CN(CCN(C)C)C(=O)c2ccc(Cl)cc2)CC1=O. The summed E-state index contributed by atoms with van der Waals surface area (Å²) in [7, 11) is 3.95. The Balaban J connectivity index is 1.30. The zero-order chi connectivity index (χ0) is 43.0. The van der Waals surface area contributed by atoms with Crippen molar-refractivity contribution in [2.75, 3.05) is 33.7 Å². The van der Waals surface area contributed by atoms with Crippen LogP contribution < -0.4 is 0 Å². The second-order valence-electron chi connectivity index (χ2n) is 21.6. The molecule has 58 heavy (non-hydrogen) atoms. The van der Waals surface area contributed by atoms with Crippen molar-refractivity contribution in [1.29, 1.82) is 0 Å². The summed E-state index contributed by atoms with van der Waals surface area (Å²) >= 11 is 6.18. The van der Waals surface area contributed by atoms with Gasteiger partial charge in [0.15, 0.2) is 5.78 Å². The third-order valence-corrected chi connectivity index (χ3v) is 17.3. The van der Waals surface area contributed by atoms with Gasteiger partial charge in [0.2, 0.25) is 0 Å². The molecule has 0 heterocycles. The maximum atomic E-state index is 14.3. The second kappa shape index (κ2) is 15.6. The van der Waals surface area contributed by atoms with E-state index in [1.807, 2.05) is 19.0 Å². The Labute approximate surface area is 352 Å². The summed E-state index contributed by atoms with van der Waals surface area (Å²) in [5, 5.41) is 22.9. The Kier molecular flexibility index (Phi) is 12.1. The lowest BCUT2D eigenvalue weighted by atomic mass is 9.33. The number of allylic oxidation sites excluding steroid dienone is 1. The number of Topliss-reactive ketones (excluding diaryl/α,β-unsaturated/α-hetero) is 1. The molecule has 0 aromatic heterocycles. The number of carboxylic acids is 1. The summed E-state index contributed by atoms with van der Waals surface area (Å²) in [6.07, 6.45) is 6.25. The van der Waals surface area contributed by atoms with Crippen molar-refractivity contribution >= 4 is 35.2 Å². The Bertz CT molecular complexity index is 1820. The number of carboxylic acid groups (broad SMARTS) is 1. The van der Waals surface area contributed by atoms with Gasteiger partial charge in [0.25, 0.3) is 5.91 Å². The van der Waals surface area contributed by atoms with Crippen molar-refractivity contribution in [3.8, 4) is 0 Å². The number of nitrogens with zero attached hydrogens (tertiary/aromatic N) is 2. The fourth-order valence-corrected chi connectivity index (χ4v) is 13.8. The van der Waals surface area contributed by atoms with E-state index in [9.17, 15) is 29.4 Å². The van der Waals surface area contributed by atoms with Gasteiger partial charge >= 0.3 is 11.9 Å². The molecule has 1 aromatic rings. The number of rotatable bonds is 12. The number of fused-ring (bicyclic) bond motifs is 7. The highest BCUT2D eigenvalue weighted by atomic mass is 35.5. The normalized spacial score (nSPS) is 34.8. The summed E-state index contributed by atoms with van der Waals surface area (Å²) in [6.45, 7) is 20.6. The number of amides is 1. The van der Waals surface area contributed by atoms with Crippen LogP contribution in [0.1, 0.15) is 137 Å². The van der Waals surface area contributed by atoms with Crippen LogP contribution in [0.2, 0.25) is 5.02 Å². The van der Waals surface area contributed by atoms with Crippen LogP contribution in [-0.2, 0) is 19.1 Å². The highest BCUT2D eigenvalue weighted by molar-refractivity contribution is 6.30. The average molecular weight is 824 g/mol. The summed E-state index contributed by atoms with van der Waals surface area (Å²) in [4.78, 5) is 57.1. The summed E-state index contributed by atoms with van der Waals surface area (Å²) < 4.78 is 6.18. The van der Waals surface area contributed by atoms with E-state index in [1.54, 1.807) is 43.0 Å². The second-order valence-corrected chi connectivity index (χ2v) is 22.1. The van der Waals surface area contributed by atoms with Crippen LogP contribution in [0.15, 0.2) is 35.4 Å². The molecule has 2 N–H and O–H groups in total. The number of ketones is 1. The van der Waals surface area contributed by atoms with Crippen molar-refractivity contribution in [3.05, 3.63) is 46.0 Å². The van der Waals surface area contributed by atoms with Crippen LogP contribution >= 0.6 is 11.6 Å². The quantitative estimate of drug-likeness (QED) is 0.200. The van der Waals surface area contributed by atoms with E-state index in [2.05, 4.69) is 48.5 Å². The molecule has 4 saturated carbocycles. The van der Waals surface area contributed by atoms with Gasteiger partial charge in [-0.15, -0.1) is 0 Å².